The second-order valence-electron chi connectivity index (χ2n) is 6.10. The second kappa shape index (κ2) is 8.57. The summed E-state index contributed by atoms with van der Waals surface area (Å²) in [7, 11) is 0. The van der Waals surface area contributed by atoms with Gasteiger partial charge < -0.3 is 9.26 Å². The first kappa shape index (κ1) is 18.8. The van der Waals surface area contributed by atoms with Crippen LogP contribution < -0.4 is 0 Å². The molecule has 1 fully saturated rings. The lowest BCUT2D eigenvalue weighted by Crippen LogP contribution is -2.48. The monoisotopic (exact) mass is 382 g/mol. The number of aromatic nitrogens is 2. The molecule has 1 saturated heterocycles. The second-order valence-corrected chi connectivity index (χ2v) is 6.54. The van der Waals surface area contributed by atoms with Gasteiger partial charge in [0, 0.05) is 37.7 Å². The Morgan fingerprint density at radius 2 is 2.15 bits per heavy atom. The van der Waals surface area contributed by atoms with E-state index in [1.54, 1.807) is 0 Å². The molecule has 26 heavy (non-hydrogen) atoms. The van der Waals surface area contributed by atoms with E-state index in [2.05, 4.69) is 19.9 Å². The summed E-state index contributed by atoms with van der Waals surface area (Å²) >= 11 is 5.92. The van der Waals surface area contributed by atoms with Crippen LogP contribution in [-0.4, -0.2) is 65.7 Å². The molecule has 0 radical (unpaired) electrons. The molecule has 7 nitrogen and oxygen atoms in total. The standard InChI is InChI=1S/C17H20ClFN4O3/c1-12(23-6-4-22(5-7-23)8-9-25-11-24)16-20-17(26-21-16)14-10-13(18)2-3-15(14)19/h2-3,10-12H,4-9H2,1H3/t12-/m0/s1. The topological polar surface area (TPSA) is 71.7 Å². The molecular weight excluding hydrogens is 363 g/mol. The molecule has 0 amide bonds. The van der Waals surface area contributed by atoms with Crippen molar-refractivity contribution < 1.29 is 18.4 Å². The van der Waals surface area contributed by atoms with Gasteiger partial charge in [0.1, 0.15) is 12.4 Å². The van der Waals surface area contributed by atoms with Gasteiger partial charge in [-0.2, -0.15) is 4.98 Å². The summed E-state index contributed by atoms with van der Waals surface area (Å²) in [5.41, 5.74) is 0.198. The molecule has 0 unspecified atom stereocenters. The highest BCUT2D eigenvalue weighted by atomic mass is 35.5. The summed E-state index contributed by atoms with van der Waals surface area (Å²) in [5.74, 6) is 0.178. The molecule has 3 rings (SSSR count). The van der Waals surface area contributed by atoms with Crippen molar-refractivity contribution in [1.82, 2.24) is 19.9 Å². The molecule has 0 bridgehead atoms. The molecule has 0 aliphatic carbocycles. The first-order valence-electron chi connectivity index (χ1n) is 8.39. The fourth-order valence-electron chi connectivity index (χ4n) is 2.94. The maximum atomic E-state index is 14.0. The SMILES string of the molecule is C[C@@H](c1noc(-c2cc(Cl)ccc2F)n1)N1CCN(CCOC=O)CC1. The number of carbonyl (C=O) groups is 1. The third kappa shape index (κ3) is 4.38. The Bertz CT molecular complexity index is 749. The third-order valence-corrected chi connectivity index (χ3v) is 4.76. The number of rotatable bonds is 7. The average Bonchev–Trinajstić information content (AvgIpc) is 3.14. The van der Waals surface area contributed by atoms with Crippen LogP contribution in [-0.2, 0) is 9.53 Å². The molecule has 0 saturated carbocycles. The number of nitrogens with zero attached hydrogens (tertiary/aromatic N) is 4. The van der Waals surface area contributed by atoms with Crippen molar-refractivity contribution in [2.24, 2.45) is 0 Å². The Morgan fingerprint density at radius 3 is 2.88 bits per heavy atom. The predicted octanol–water partition coefficient (Wildman–Crippen LogP) is 2.38. The molecule has 1 aliphatic heterocycles. The maximum absolute atomic E-state index is 14.0. The molecule has 0 N–H and O–H groups in total. The molecular formula is C17H20ClFN4O3. The molecule has 1 aromatic heterocycles. The Labute approximate surface area is 155 Å². The number of piperazine rings is 1. The van der Waals surface area contributed by atoms with Crippen molar-refractivity contribution in [2.75, 3.05) is 39.3 Å². The number of ether oxygens (including phenoxy) is 1. The Balaban J connectivity index is 1.61. The van der Waals surface area contributed by atoms with E-state index < -0.39 is 5.82 Å². The fraction of sp³-hybridized carbons (Fsp3) is 0.471. The number of hydrogen-bond acceptors (Lipinski definition) is 7. The molecule has 0 spiro atoms. The number of benzene rings is 1. The molecule has 140 valence electrons. The van der Waals surface area contributed by atoms with Gasteiger partial charge in [0.15, 0.2) is 5.82 Å². The van der Waals surface area contributed by atoms with Crippen molar-refractivity contribution in [3.05, 3.63) is 34.9 Å². The summed E-state index contributed by atoms with van der Waals surface area (Å²) in [6.07, 6.45) is 0. The third-order valence-electron chi connectivity index (χ3n) is 4.52. The number of carbonyl (C=O) groups excluding carboxylic acids is 1. The van der Waals surface area contributed by atoms with Crippen LogP contribution >= 0.6 is 11.6 Å². The van der Waals surface area contributed by atoms with E-state index in [1.807, 2.05) is 6.92 Å². The normalized spacial score (nSPS) is 17.2. The lowest BCUT2D eigenvalue weighted by molar-refractivity contribution is -0.129. The predicted molar refractivity (Wildman–Crippen MR) is 93.1 cm³/mol. The van der Waals surface area contributed by atoms with E-state index >= 15 is 0 Å². The first-order valence-corrected chi connectivity index (χ1v) is 8.77. The summed E-state index contributed by atoms with van der Waals surface area (Å²) in [5, 5.41) is 4.41. The summed E-state index contributed by atoms with van der Waals surface area (Å²) in [6, 6.07) is 4.17. The van der Waals surface area contributed by atoms with Crippen molar-refractivity contribution in [2.45, 2.75) is 13.0 Å². The van der Waals surface area contributed by atoms with Gasteiger partial charge in [0.2, 0.25) is 0 Å². The van der Waals surface area contributed by atoms with Gasteiger partial charge in [-0.05, 0) is 25.1 Å². The van der Waals surface area contributed by atoms with Crippen LogP contribution in [0.15, 0.2) is 22.7 Å². The Hall–Kier alpha value is -2.03. The van der Waals surface area contributed by atoms with Crippen molar-refractivity contribution in [1.29, 1.82) is 0 Å². The van der Waals surface area contributed by atoms with E-state index in [0.29, 0.717) is 23.9 Å². The van der Waals surface area contributed by atoms with Crippen LogP contribution in [0.25, 0.3) is 11.5 Å². The van der Waals surface area contributed by atoms with Gasteiger partial charge in [-0.1, -0.05) is 16.8 Å². The van der Waals surface area contributed by atoms with Crippen LogP contribution in [0.1, 0.15) is 18.8 Å². The minimum Gasteiger partial charge on any atom is -0.467 e. The summed E-state index contributed by atoms with van der Waals surface area (Å²) in [6.45, 7) is 6.97. The molecule has 2 heterocycles. The highest BCUT2D eigenvalue weighted by Crippen LogP contribution is 2.27. The molecule has 1 aliphatic rings. The molecule has 9 heteroatoms. The van der Waals surface area contributed by atoms with Crippen LogP contribution in [0.4, 0.5) is 4.39 Å². The zero-order valence-electron chi connectivity index (χ0n) is 14.4. The van der Waals surface area contributed by atoms with Crippen LogP contribution in [0.2, 0.25) is 5.02 Å². The van der Waals surface area contributed by atoms with E-state index in [9.17, 15) is 9.18 Å². The minimum atomic E-state index is -0.455. The van der Waals surface area contributed by atoms with Gasteiger partial charge >= 0.3 is 0 Å². The highest BCUT2D eigenvalue weighted by molar-refractivity contribution is 6.30. The summed E-state index contributed by atoms with van der Waals surface area (Å²) < 4.78 is 23.9. The fourth-order valence-corrected chi connectivity index (χ4v) is 3.11. The smallest absolute Gasteiger partial charge is 0.293 e. The quantitative estimate of drug-likeness (QED) is 0.537. The zero-order chi connectivity index (χ0) is 18.5. The van der Waals surface area contributed by atoms with Gasteiger partial charge in [-0.3, -0.25) is 14.6 Å². The van der Waals surface area contributed by atoms with Crippen molar-refractivity contribution >= 4 is 18.1 Å². The van der Waals surface area contributed by atoms with Crippen molar-refractivity contribution in [3.8, 4) is 11.5 Å². The van der Waals surface area contributed by atoms with Gasteiger partial charge in [-0.15, -0.1) is 0 Å². The van der Waals surface area contributed by atoms with E-state index in [4.69, 9.17) is 20.9 Å². The highest BCUT2D eigenvalue weighted by Gasteiger charge is 2.26. The van der Waals surface area contributed by atoms with E-state index in [-0.39, 0.29) is 17.5 Å². The van der Waals surface area contributed by atoms with Crippen LogP contribution in [0, 0.1) is 5.82 Å². The van der Waals surface area contributed by atoms with Crippen molar-refractivity contribution in [3.63, 3.8) is 0 Å². The molecule has 1 aromatic carbocycles. The first-order chi connectivity index (χ1) is 12.6. The van der Waals surface area contributed by atoms with Crippen LogP contribution in [0.5, 0.6) is 0 Å². The lowest BCUT2D eigenvalue weighted by atomic mass is 10.2. The lowest BCUT2D eigenvalue weighted by Gasteiger charge is -2.36. The minimum absolute atomic E-state index is 0.0527. The Morgan fingerprint density at radius 1 is 1.38 bits per heavy atom. The van der Waals surface area contributed by atoms with E-state index in [0.717, 1.165) is 32.7 Å². The summed E-state index contributed by atoms with van der Waals surface area (Å²) in [4.78, 5) is 19.0. The molecule has 2 aromatic rings. The van der Waals surface area contributed by atoms with Gasteiger partial charge in [0.05, 0.1) is 11.6 Å². The average molecular weight is 383 g/mol. The van der Waals surface area contributed by atoms with Gasteiger partial charge in [0.25, 0.3) is 12.4 Å². The number of hydrogen-bond donors (Lipinski definition) is 0. The van der Waals surface area contributed by atoms with Crippen LogP contribution in [0.3, 0.4) is 0 Å². The largest absolute Gasteiger partial charge is 0.467 e. The van der Waals surface area contributed by atoms with Gasteiger partial charge in [-0.25, -0.2) is 4.39 Å². The molecule has 1 atom stereocenters. The maximum Gasteiger partial charge on any atom is 0.293 e. The van der Waals surface area contributed by atoms with E-state index in [1.165, 1.54) is 18.2 Å². The zero-order valence-corrected chi connectivity index (χ0v) is 15.2. The number of halogens is 2. The Kier molecular flexibility index (Phi) is 6.18.